The molecule has 0 radical (unpaired) electrons. The van der Waals surface area contributed by atoms with Gasteiger partial charge in [-0.15, -0.1) is 0 Å². The van der Waals surface area contributed by atoms with E-state index < -0.39 is 0 Å². The van der Waals surface area contributed by atoms with Crippen molar-refractivity contribution in [2.75, 3.05) is 11.9 Å². The zero-order chi connectivity index (χ0) is 8.55. The zero-order valence-corrected chi connectivity index (χ0v) is 8.12. The van der Waals surface area contributed by atoms with E-state index >= 15 is 0 Å². The van der Waals surface area contributed by atoms with Crippen LogP contribution in [0.2, 0.25) is 0 Å². The van der Waals surface area contributed by atoms with E-state index in [9.17, 15) is 4.39 Å². The first-order valence-corrected chi connectivity index (χ1v) is 4.79. The van der Waals surface area contributed by atoms with Gasteiger partial charge in [0.2, 0.25) is 0 Å². The van der Waals surface area contributed by atoms with Gasteiger partial charge in [0.25, 0.3) is 0 Å². The molecule has 0 bridgehead atoms. The van der Waals surface area contributed by atoms with Gasteiger partial charge in [-0.2, -0.15) is 0 Å². The highest BCUT2D eigenvalue weighted by molar-refractivity contribution is 9.10. The summed E-state index contributed by atoms with van der Waals surface area (Å²) in [6.45, 7) is 0.940. The van der Waals surface area contributed by atoms with E-state index in [1.165, 1.54) is 6.07 Å². The Kier molecular flexibility index (Phi) is 2.05. The van der Waals surface area contributed by atoms with E-state index in [-0.39, 0.29) is 5.82 Å². The maximum atomic E-state index is 13.2. The molecule has 3 heteroatoms. The standard InChI is InChI=1S/C9H9BrFN/c10-7-3-4-8(11)6-2-1-5-12-9(6)7/h3-4,12H,1-2,5H2. The molecule has 12 heavy (non-hydrogen) atoms. The van der Waals surface area contributed by atoms with Gasteiger partial charge in [0.05, 0.1) is 5.69 Å². The molecule has 1 aliphatic heterocycles. The fourth-order valence-electron chi connectivity index (χ4n) is 1.51. The Hall–Kier alpha value is -0.570. The molecule has 0 spiro atoms. The highest BCUT2D eigenvalue weighted by atomic mass is 79.9. The summed E-state index contributed by atoms with van der Waals surface area (Å²) in [5, 5.41) is 3.18. The van der Waals surface area contributed by atoms with Crippen LogP contribution in [0.25, 0.3) is 0 Å². The zero-order valence-electron chi connectivity index (χ0n) is 6.53. The number of anilines is 1. The molecule has 1 aliphatic rings. The van der Waals surface area contributed by atoms with Crippen molar-refractivity contribution in [3.8, 4) is 0 Å². The highest BCUT2D eigenvalue weighted by Crippen LogP contribution is 2.31. The quantitative estimate of drug-likeness (QED) is 0.722. The van der Waals surface area contributed by atoms with Crippen LogP contribution in [0.1, 0.15) is 12.0 Å². The summed E-state index contributed by atoms with van der Waals surface area (Å²) in [5.74, 6) is -0.0969. The van der Waals surface area contributed by atoms with Crippen LogP contribution in [0.3, 0.4) is 0 Å². The predicted molar refractivity (Wildman–Crippen MR) is 50.9 cm³/mol. The summed E-state index contributed by atoms with van der Waals surface area (Å²) >= 11 is 3.39. The summed E-state index contributed by atoms with van der Waals surface area (Å²) in [6.07, 6.45) is 1.86. The van der Waals surface area contributed by atoms with Crippen LogP contribution in [0, 0.1) is 5.82 Å². The summed E-state index contributed by atoms with van der Waals surface area (Å²) in [7, 11) is 0. The van der Waals surface area contributed by atoms with Crippen molar-refractivity contribution in [1.29, 1.82) is 0 Å². The third-order valence-corrected chi connectivity index (χ3v) is 2.77. The number of benzene rings is 1. The largest absolute Gasteiger partial charge is 0.384 e. The van der Waals surface area contributed by atoms with E-state index in [0.717, 1.165) is 35.1 Å². The molecule has 1 aromatic carbocycles. The number of rotatable bonds is 0. The molecular formula is C9H9BrFN. The molecule has 1 N–H and O–H groups in total. The Morgan fingerprint density at radius 2 is 2.25 bits per heavy atom. The molecule has 0 atom stereocenters. The van der Waals surface area contributed by atoms with E-state index in [1.807, 2.05) is 0 Å². The Morgan fingerprint density at radius 1 is 1.42 bits per heavy atom. The molecule has 2 rings (SSSR count). The van der Waals surface area contributed by atoms with Crippen LogP contribution >= 0.6 is 15.9 Å². The van der Waals surface area contributed by atoms with Crippen LogP contribution in [0.15, 0.2) is 16.6 Å². The molecule has 0 amide bonds. The van der Waals surface area contributed by atoms with Crippen LogP contribution in [0.5, 0.6) is 0 Å². The molecule has 0 aromatic heterocycles. The minimum atomic E-state index is -0.0969. The monoisotopic (exact) mass is 229 g/mol. The molecule has 64 valence electrons. The minimum Gasteiger partial charge on any atom is -0.384 e. The lowest BCUT2D eigenvalue weighted by Gasteiger charge is -2.19. The summed E-state index contributed by atoms with van der Waals surface area (Å²) < 4.78 is 14.1. The number of hydrogen-bond donors (Lipinski definition) is 1. The Bertz CT molecular complexity index is 281. The summed E-state index contributed by atoms with van der Waals surface area (Å²) in [5.41, 5.74) is 1.75. The molecule has 1 aromatic rings. The van der Waals surface area contributed by atoms with E-state index in [2.05, 4.69) is 21.2 Å². The van der Waals surface area contributed by atoms with Gasteiger partial charge in [0.1, 0.15) is 5.82 Å². The lowest BCUT2D eigenvalue weighted by Crippen LogP contribution is -2.13. The number of fused-ring (bicyclic) bond motifs is 1. The van der Waals surface area contributed by atoms with E-state index in [0.29, 0.717) is 0 Å². The van der Waals surface area contributed by atoms with Gasteiger partial charge in [-0.25, -0.2) is 4.39 Å². The first-order valence-electron chi connectivity index (χ1n) is 4.00. The van der Waals surface area contributed by atoms with E-state index in [4.69, 9.17) is 0 Å². The maximum Gasteiger partial charge on any atom is 0.128 e. The van der Waals surface area contributed by atoms with Gasteiger partial charge in [0.15, 0.2) is 0 Å². The van der Waals surface area contributed by atoms with Crippen LogP contribution in [-0.2, 0) is 6.42 Å². The number of halogens is 2. The average molecular weight is 230 g/mol. The number of hydrogen-bond acceptors (Lipinski definition) is 1. The summed E-state index contributed by atoms with van der Waals surface area (Å²) in [6, 6.07) is 3.25. The highest BCUT2D eigenvalue weighted by Gasteiger charge is 2.14. The fourth-order valence-corrected chi connectivity index (χ4v) is 2.02. The van der Waals surface area contributed by atoms with Crippen molar-refractivity contribution in [3.05, 3.63) is 28.0 Å². The van der Waals surface area contributed by atoms with Crippen LogP contribution in [-0.4, -0.2) is 6.54 Å². The minimum absolute atomic E-state index is 0.0969. The third kappa shape index (κ3) is 1.22. The average Bonchev–Trinajstić information content (AvgIpc) is 2.12. The molecule has 1 heterocycles. The van der Waals surface area contributed by atoms with E-state index in [1.54, 1.807) is 6.07 Å². The van der Waals surface area contributed by atoms with Crippen molar-refractivity contribution in [1.82, 2.24) is 0 Å². The molecule has 1 nitrogen and oxygen atoms in total. The lowest BCUT2D eigenvalue weighted by atomic mass is 10.0. The first-order chi connectivity index (χ1) is 5.79. The van der Waals surface area contributed by atoms with Crippen molar-refractivity contribution in [3.63, 3.8) is 0 Å². The van der Waals surface area contributed by atoms with Crippen molar-refractivity contribution in [2.45, 2.75) is 12.8 Å². The second-order valence-electron chi connectivity index (χ2n) is 2.91. The Morgan fingerprint density at radius 3 is 3.00 bits per heavy atom. The van der Waals surface area contributed by atoms with Gasteiger partial charge in [0, 0.05) is 16.6 Å². The summed E-state index contributed by atoms with van der Waals surface area (Å²) in [4.78, 5) is 0. The molecule has 0 aliphatic carbocycles. The van der Waals surface area contributed by atoms with Crippen molar-refractivity contribution < 1.29 is 4.39 Å². The van der Waals surface area contributed by atoms with Crippen LogP contribution < -0.4 is 5.32 Å². The van der Waals surface area contributed by atoms with Gasteiger partial charge in [-0.1, -0.05) is 0 Å². The molecule has 0 fully saturated rings. The second-order valence-corrected chi connectivity index (χ2v) is 3.77. The van der Waals surface area contributed by atoms with Gasteiger partial charge >= 0.3 is 0 Å². The predicted octanol–water partition coefficient (Wildman–Crippen LogP) is 2.95. The lowest BCUT2D eigenvalue weighted by molar-refractivity contribution is 0.602. The van der Waals surface area contributed by atoms with Gasteiger partial charge < -0.3 is 5.32 Å². The molecule has 0 saturated heterocycles. The normalized spacial score (nSPS) is 15.2. The van der Waals surface area contributed by atoms with Gasteiger partial charge in [-0.05, 0) is 40.9 Å². The molecular weight excluding hydrogens is 221 g/mol. The molecule has 0 unspecified atom stereocenters. The molecule has 0 saturated carbocycles. The van der Waals surface area contributed by atoms with Crippen molar-refractivity contribution >= 4 is 21.6 Å². The topological polar surface area (TPSA) is 12.0 Å². The maximum absolute atomic E-state index is 13.2. The fraction of sp³-hybridized carbons (Fsp3) is 0.333. The van der Waals surface area contributed by atoms with Crippen molar-refractivity contribution in [2.24, 2.45) is 0 Å². The Labute approximate surface area is 79.1 Å². The van der Waals surface area contributed by atoms with Crippen LogP contribution in [0.4, 0.5) is 10.1 Å². The number of nitrogens with one attached hydrogen (secondary N) is 1. The first kappa shape index (κ1) is 8.05. The van der Waals surface area contributed by atoms with Gasteiger partial charge in [-0.3, -0.25) is 0 Å². The third-order valence-electron chi connectivity index (χ3n) is 2.11. The SMILES string of the molecule is Fc1ccc(Br)c2c1CCCN2. The smallest absolute Gasteiger partial charge is 0.128 e. The second kappa shape index (κ2) is 3.05. The Balaban J connectivity index is 2.57.